The number of amides is 1. The quantitative estimate of drug-likeness (QED) is 0.778. The van der Waals surface area contributed by atoms with Gasteiger partial charge in [-0.15, -0.1) is 0 Å². The summed E-state index contributed by atoms with van der Waals surface area (Å²) in [5.41, 5.74) is 0. The summed E-state index contributed by atoms with van der Waals surface area (Å²) in [6.07, 6.45) is 5.21. The summed E-state index contributed by atoms with van der Waals surface area (Å²) in [6, 6.07) is 0.111. The fraction of sp³-hybridized carbons (Fsp3) is 0.636. The van der Waals surface area contributed by atoms with E-state index in [9.17, 15) is 4.79 Å². The van der Waals surface area contributed by atoms with Crippen molar-refractivity contribution < 1.29 is 9.53 Å². The zero-order valence-electron chi connectivity index (χ0n) is 10.1. The monoisotopic (exact) mass is 225 g/mol. The first kappa shape index (κ1) is 12.5. The highest BCUT2D eigenvalue weighted by atomic mass is 16.5. The van der Waals surface area contributed by atoms with Gasteiger partial charge in [0.1, 0.15) is 0 Å². The zero-order chi connectivity index (χ0) is 12.0. The standard InChI is InChI=1S/C11H19N3O2/c1-9(2)5-4-6-12-10(15)14-8-7-13-11(14)16-3/h7-9H,4-6H2,1-3H3,(H,12,15). The van der Waals surface area contributed by atoms with Crippen LogP contribution in [-0.4, -0.2) is 29.2 Å². The van der Waals surface area contributed by atoms with Crippen molar-refractivity contribution in [3.8, 4) is 6.01 Å². The first-order chi connectivity index (χ1) is 7.65. The summed E-state index contributed by atoms with van der Waals surface area (Å²) >= 11 is 0. The summed E-state index contributed by atoms with van der Waals surface area (Å²) in [7, 11) is 1.49. The molecule has 0 bridgehead atoms. The maximum Gasteiger partial charge on any atom is 0.329 e. The van der Waals surface area contributed by atoms with Crippen molar-refractivity contribution in [3.05, 3.63) is 12.4 Å². The van der Waals surface area contributed by atoms with Gasteiger partial charge in [-0.1, -0.05) is 13.8 Å². The Morgan fingerprint density at radius 2 is 2.38 bits per heavy atom. The Bertz CT molecular complexity index is 334. The van der Waals surface area contributed by atoms with Gasteiger partial charge in [0, 0.05) is 18.9 Å². The maximum atomic E-state index is 11.7. The highest BCUT2D eigenvalue weighted by Crippen LogP contribution is 2.06. The Hall–Kier alpha value is -1.52. The van der Waals surface area contributed by atoms with Crippen molar-refractivity contribution >= 4 is 6.03 Å². The summed E-state index contributed by atoms with van der Waals surface area (Å²) in [6.45, 7) is 5.01. The number of hydrogen-bond donors (Lipinski definition) is 1. The summed E-state index contributed by atoms with van der Waals surface area (Å²) in [5, 5.41) is 2.82. The van der Waals surface area contributed by atoms with Crippen LogP contribution in [0.5, 0.6) is 6.01 Å². The van der Waals surface area contributed by atoms with Crippen LogP contribution >= 0.6 is 0 Å². The second-order valence-corrected chi connectivity index (χ2v) is 4.05. The first-order valence-corrected chi connectivity index (χ1v) is 5.50. The molecule has 0 saturated carbocycles. The molecule has 1 N–H and O–H groups in total. The van der Waals surface area contributed by atoms with Gasteiger partial charge in [0.15, 0.2) is 0 Å². The van der Waals surface area contributed by atoms with E-state index in [2.05, 4.69) is 24.1 Å². The molecule has 1 aromatic rings. The van der Waals surface area contributed by atoms with Crippen molar-refractivity contribution in [1.82, 2.24) is 14.9 Å². The van der Waals surface area contributed by atoms with E-state index < -0.39 is 0 Å². The number of hydrogen-bond acceptors (Lipinski definition) is 3. The average molecular weight is 225 g/mol. The van der Waals surface area contributed by atoms with Crippen LogP contribution in [0.15, 0.2) is 12.4 Å². The lowest BCUT2D eigenvalue weighted by molar-refractivity contribution is 0.237. The van der Waals surface area contributed by atoms with E-state index in [0.29, 0.717) is 18.5 Å². The number of rotatable bonds is 5. The fourth-order valence-corrected chi connectivity index (χ4v) is 1.39. The van der Waals surface area contributed by atoms with E-state index in [4.69, 9.17) is 4.74 Å². The van der Waals surface area contributed by atoms with Crippen molar-refractivity contribution in [1.29, 1.82) is 0 Å². The summed E-state index contributed by atoms with van der Waals surface area (Å²) in [5.74, 6) is 0.666. The lowest BCUT2D eigenvalue weighted by atomic mass is 10.1. The molecular formula is C11H19N3O2. The number of carbonyl (C=O) groups excluding carboxylic acids is 1. The van der Waals surface area contributed by atoms with Crippen LogP contribution in [0, 0.1) is 5.92 Å². The highest BCUT2D eigenvalue weighted by molar-refractivity contribution is 5.77. The molecule has 0 spiro atoms. The molecule has 1 rings (SSSR count). The lowest BCUT2D eigenvalue weighted by Gasteiger charge is -2.08. The van der Waals surface area contributed by atoms with Gasteiger partial charge < -0.3 is 10.1 Å². The normalized spacial score (nSPS) is 10.5. The van der Waals surface area contributed by atoms with Crippen molar-refractivity contribution in [2.45, 2.75) is 26.7 Å². The second-order valence-electron chi connectivity index (χ2n) is 4.05. The predicted molar refractivity (Wildman–Crippen MR) is 61.6 cm³/mol. The predicted octanol–water partition coefficient (Wildman–Crippen LogP) is 1.89. The van der Waals surface area contributed by atoms with Gasteiger partial charge in [-0.05, 0) is 18.8 Å². The summed E-state index contributed by atoms with van der Waals surface area (Å²) in [4.78, 5) is 15.6. The van der Waals surface area contributed by atoms with Crippen LogP contribution in [-0.2, 0) is 0 Å². The topological polar surface area (TPSA) is 56.2 Å². The molecule has 0 saturated heterocycles. The second kappa shape index (κ2) is 6.15. The van der Waals surface area contributed by atoms with Gasteiger partial charge in [0.05, 0.1) is 7.11 Å². The van der Waals surface area contributed by atoms with Crippen LogP contribution in [0.25, 0.3) is 0 Å². The van der Waals surface area contributed by atoms with Gasteiger partial charge >= 0.3 is 12.0 Å². The molecule has 1 amide bonds. The molecule has 0 aliphatic rings. The molecule has 1 heterocycles. The number of ether oxygens (including phenoxy) is 1. The number of methoxy groups -OCH3 is 1. The van der Waals surface area contributed by atoms with Gasteiger partial charge in [-0.3, -0.25) is 0 Å². The minimum atomic E-state index is -0.196. The Morgan fingerprint density at radius 1 is 1.62 bits per heavy atom. The van der Waals surface area contributed by atoms with Gasteiger partial charge in [-0.2, -0.15) is 0 Å². The van der Waals surface area contributed by atoms with E-state index in [-0.39, 0.29) is 6.03 Å². The molecule has 0 radical (unpaired) electrons. The molecule has 0 aliphatic heterocycles. The van der Waals surface area contributed by atoms with Crippen molar-refractivity contribution in [2.75, 3.05) is 13.7 Å². The lowest BCUT2D eigenvalue weighted by Crippen LogP contribution is -2.29. The van der Waals surface area contributed by atoms with E-state index in [0.717, 1.165) is 12.8 Å². The summed E-state index contributed by atoms with van der Waals surface area (Å²) < 4.78 is 6.30. The minimum absolute atomic E-state index is 0.196. The third kappa shape index (κ3) is 3.56. The van der Waals surface area contributed by atoms with Gasteiger partial charge in [0.25, 0.3) is 0 Å². The third-order valence-corrected chi connectivity index (χ3v) is 2.24. The van der Waals surface area contributed by atoms with Crippen LogP contribution in [0.1, 0.15) is 26.7 Å². The van der Waals surface area contributed by atoms with Crippen LogP contribution in [0.3, 0.4) is 0 Å². The van der Waals surface area contributed by atoms with E-state index in [1.807, 2.05) is 0 Å². The Labute approximate surface area is 95.8 Å². The maximum absolute atomic E-state index is 11.7. The van der Waals surface area contributed by atoms with Crippen molar-refractivity contribution in [3.63, 3.8) is 0 Å². The highest BCUT2D eigenvalue weighted by Gasteiger charge is 2.09. The Morgan fingerprint density at radius 3 is 3.00 bits per heavy atom. The number of nitrogens with one attached hydrogen (secondary N) is 1. The molecule has 0 unspecified atom stereocenters. The molecule has 0 aromatic carbocycles. The largest absolute Gasteiger partial charge is 0.468 e. The van der Waals surface area contributed by atoms with Gasteiger partial charge in [0.2, 0.25) is 0 Å². The Kier molecular flexibility index (Phi) is 4.82. The van der Waals surface area contributed by atoms with Crippen LogP contribution < -0.4 is 10.1 Å². The number of nitrogens with zero attached hydrogens (tertiary/aromatic N) is 2. The molecule has 90 valence electrons. The molecule has 1 aromatic heterocycles. The molecule has 0 fully saturated rings. The van der Waals surface area contributed by atoms with Gasteiger partial charge in [-0.25, -0.2) is 14.3 Å². The fourth-order valence-electron chi connectivity index (χ4n) is 1.39. The Balaban J connectivity index is 2.35. The molecular weight excluding hydrogens is 206 g/mol. The number of carbonyl (C=O) groups is 1. The average Bonchev–Trinajstić information content (AvgIpc) is 2.71. The molecule has 0 atom stereocenters. The first-order valence-electron chi connectivity index (χ1n) is 5.50. The molecule has 16 heavy (non-hydrogen) atoms. The molecule has 5 heteroatoms. The zero-order valence-corrected chi connectivity index (χ0v) is 10.1. The number of aromatic nitrogens is 2. The number of imidazole rings is 1. The van der Waals surface area contributed by atoms with E-state index >= 15 is 0 Å². The third-order valence-electron chi connectivity index (χ3n) is 2.24. The smallest absolute Gasteiger partial charge is 0.329 e. The van der Waals surface area contributed by atoms with E-state index in [1.165, 1.54) is 17.9 Å². The minimum Gasteiger partial charge on any atom is -0.468 e. The van der Waals surface area contributed by atoms with Crippen LogP contribution in [0.4, 0.5) is 4.79 Å². The molecule has 5 nitrogen and oxygen atoms in total. The van der Waals surface area contributed by atoms with Crippen LogP contribution in [0.2, 0.25) is 0 Å². The van der Waals surface area contributed by atoms with E-state index in [1.54, 1.807) is 6.20 Å². The van der Waals surface area contributed by atoms with Crippen molar-refractivity contribution in [2.24, 2.45) is 5.92 Å². The molecule has 0 aliphatic carbocycles. The SMILES string of the molecule is COc1nccn1C(=O)NCCCC(C)C.